The number of Topliss-reactive ketones (excluding diaryl/α,β-unsaturated/α-hetero) is 1. The van der Waals surface area contributed by atoms with Gasteiger partial charge >= 0.3 is 11.9 Å². The van der Waals surface area contributed by atoms with Crippen molar-refractivity contribution in [3.8, 4) is 0 Å². The number of thiazole rings is 1. The van der Waals surface area contributed by atoms with Gasteiger partial charge in [-0.05, 0) is 37.3 Å². The molecule has 1 fully saturated rings. The predicted molar refractivity (Wildman–Crippen MR) is 144 cm³/mol. The van der Waals surface area contributed by atoms with Gasteiger partial charge in [-0.3, -0.25) is 14.5 Å². The first-order valence-electron chi connectivity index (χ1n) is 12.1. The van der Waals surface area contributed by atoms with Crippen molar-refractivity contribution in [1.29, 1.82) is 0 Å². The molecule has 0 bridgehead atoms. The highest BCUT2D eigenvalue weighted by Crippen LogP contribution is 2.44. The van der Waals surface area contributed by atoms with Crippen molar-refractivity contribution in [2.75, 3.05) is 11.5 Å². The molecular weight excluding hydrogens is 488 g/mol. The normalized spacial score (nSPS) is 17.4. The second-order valence-corrected chi connectivity index (χ2v) is 11.0. The lowest BCUT2D eigenvalue weighted by Gasteiger charge is -2.24. The molecule has 2 heterocycles. The molecule has 0 saturated carbocycles. The first-order chi connectivity index (χ1) is 17.4. The predicted octanol–water partition coefficient (Wildman–Crippen LogP) is 5.86. The van der Waals surface area contributed by atoms with Crippen LogP contribution in [0.4, 0.5) is 5.13 Å². The summed E-state index contributed by atoms with van der Waals surface area (Å²) in [5, 5.41) is 11.5. The minimum atomic E-state index is -0.920. The molecule has 1 N–H and O–H groups in total. The fourth-order valence-electron chi connectivity index (χ4n) is 4.25. The van der Waals surface area contributed by atoms with Gasteiger partial charge in [0.05, 0.1) is 23.9 Å². The Hall–Kier alpha value is -3.78. The Morgan fingerprint density at radius 3 is 2.24 bits per heavy atom. The second kappa shape index (κ2) is 9.94. The Kier molecular flexibility index (Phi) is 7.06. The van der Waals surface area contributed by atoms with E-state index in [0.29, 0.717) is 16.8 Å². The largest absolute Gasteiger partial charge is 0.507 e. The number of hydrogen-bond donors (Lipinski definition) is 1. The van der Waals surface area contributed by atoms with Crippen LogP contribution < -0.4 is 4.90 Å². The monoisotopic (exact) mass is 518 g/mol. The number of nitrogens with zero attached hydrogens (tertiary/aromatic N) is 2. The van der Waals surface area contributed by atoms with Gasteiger partial charge in [-0.15, -0.1) is 0 Å². The van der Waals surface area contributed by atoms with Gasteiger partial charge in [-0.25, -0.2) is 9.78 Å². The lowest BCUT2D eigenvalue weighted by atomic mass is 9.85. The molecule has 0 spiro atoms. The van der Waals surface area contributed by atoms with Crippen molar-refractivity contribution in [2.24, 2.45) is 0 Å². The summed E-state index contributed by atoms with van der Waals surface area (Å²) in [5.41, 5.74) is 3.44. The molecule has 1 aliphatic heterocycles. The van der Waals surface area contributed by atoms with E-state index < -0.39 is 23.7 Å². The van der Waals surface area contributed by atoms with E-state index in [1.807, 2.05) is 43.3 Å². The summed E-state index contributed by atoms with van der Waals surface area (Å²) in [6.45, 7) is 11.8. The molecule has 192 valence electrons. The van der Waals surface area contributed by atoms with E-state index in [-0.39, 0.29) is 33.4 Å². The number of aliphatic hydroxyl groups excluding tert-OH is 1. The zero-order valence-corrected chi connectivity index (χ0v) is 22.6. The van der Waals surface area contributed by atoms with Crippen molar-refractivity contribution < 1.29 is 24.2 Å². The van der Waals surface area contributed by atoms with E-state index in [1.54, 1.807) is 26.0 Å². The fourth-order valence-corrected chi connectivity index (χ4v) is 5.24. The first kappa shape index (κ1) is 26.3. The number of ether oxygens (including phenoxy) is 1. The molecule has 1 saturated heterocycles. The van der Waals surface area contributed by atoms with Crippen LogP contribution in [0.2, 0.25) is 0 Å². The fraction of sp³-hybridized carbons (Fsp3) is 0.310. The number of benzene rings is 2. The van der Waals surface area contributed by atoms with Crippen LogP contribution in [0.5, 0.6) is 0 Å². The van der Waals surface area contributed by atoms with Crippen LogP contribution in [0.1, 0.15) is 71.4 Å². The molecule has 2 aromatic carbocycles. The number of aromatic nitrogens is 1. The molecule has 0 unspecified atom stereocenters. The van der Waals surface area contributed by atoms with Crippen molar-refractivity contribution in [2.45, 2.75) is 53.0 Å². The summed E-state index contributed by atoms with van der Waals surface area (Å²) in [4.78, 5) is 45.2. The van der Waals surface area contributed by atoms with Gasteiger partial charge in [0, 0.05) is 5.56 Å². The van der Waals surface area contributed by atoms with Crippen LogP contribution in [-0.4, -0.2) is 34.4 Å². The quantitative estimate of drug-likeness (QED) is 0.197. The summed E-state index contributed by atoms with van der Waals surface area (Å²) in [6.07, 6.45) is 0. The Morgan fingerprint density at radius 1 is 1.05 bits per heavy atom. The zero-order chi connectivity index (χ0) is 27.1. The number of esters is 1. The maximum atomic E-state index is 13.4. The van der Waals surface area contributed by atoms with Gasteiger partial charge in [0.25, 0.3) is 5.78 Å². The first-order valence-corrected chi connectivity index (χ1v) is 12.9. The number of amides is 1. The van der Waals surface area contributed by atoms with E-state index in [1.165, 1.54) is 4.90 Å². The van der Waals surface area contributed by atoms with E-state index in [9.17, 15) is 19.5 Å². The third kappa shape index (κ3) is 4.93. The SMILES string of the molecule is CCOC(=O)c1sc(N2C(=O)C(=O)C(=C(O)c3ccc(C)cc3)[C@@H]2c2ccc(C(C)(C)C)cc2)nc1C. The molecule has 0 aliphatic carbocycles. The van der Waals surface area contributed by atoms with Crippen molar-refractivity contribution in [1.82, 2.24) is 4.98 Å². The number of anilines is 1. The zero-order valence-electron chi connectivity index (χ0n) is 21.8. The maximum Gasteiger partial charge on any atom is 0.350 e. The number of carbonyl (C=O) groups excluding carboxylic acids is 3. The molecule has 37 heavy (non-hydrogen) atoms. The summed E-state index contributed by atoms with van der Waals surface area (Å²) >= 11 is 0.991. The van der Waals surface area contributed by atoms with Gasteiger partial charge in [-0.1, -0.05) is 86.2 Å². The summed E-state index contributed by atoms with van der Waals surface area (Å²) < 4.78 is 5.13. The lowest BCUT2D eigenvalue weighted by Crippen LogP contribution is -2.29. The highest BCUT2D eigenvalue weighted by molar-refractivity contribution is 7.17. The smallest absolute Gasteiger partial charge is 0.350 e. The van der Waals surface area contributed by atoms with Crippen LogP contribution in [0, 0.1) is 13.8 Å². The van der Waals surface area contributed by atoms with Crippen LogP contribution in [0.25, 0.3) is 5.76 Å². The van der Waals surface area contributed by atoms with E-state index in [0.717, 1.165) is 22.5 Å². The Morgan fingerprint density at radius 2 is 1.68 bits per heavy atom. The average molecular weight is 519 g/mol. The highest BCUT2D eigenvalue weighted by Gasteiger charge is 2.48. The molecule has 1 amide bonds. The van der Waals surface area contributed by atoms with E-state index in [2.05, 4.69) is 25.8 Å². The minimum absolute atomic E-state index is 0.0251. The van der Waals surface area contributed by atoms with Gasteiger partial charge in [0.2, 0.25) is 0 Å². The number of ketones is 1. The molecule has 4 rings (SSSR count). The van der Waals surface area contributed by atoms with Gasteiger partial charge in [0.15, 0.2) is 5.13 Å². The Balaban J connectivity index is 1.91. The number of aryl methyl sites for hydroxylation is 2. The van der Waals surface area contributed by atoms with Crippen LogP contribution in [-0.2, 0) is 19.7 Å². The molecule has 0 radical (unpaired) electrons. The second-order valence-electron chi connectivity index (χ2n) is 10.0. The van der Waals surface area contributed by atoms with Crippen molar-refractivity contribution in [3.05, 3.63) is 86.9 Å². The molecule has 1 atom stereocenters. The molecule has 8 heteroatoms. The summed E-state index contributed by atoms with van der Waals surface area (Å²) in [6, 6.07) is 13.8. The molecular formula is C29H30N2O5S. The Bertz CT molecular complexity index is 1400. The third-order valence-corrected chi connectivity index (χ3v) is 7.45. The number of carbonyl (C=O) groups is 3. The van der Waals surface area contributed by atoms with Crippen molar-refractivity contribution in [3.63, 3.8) is 0 Å². The van der Waals surface area contributed by atoms with Crippen LogP contribution in [0.3, 0.4) is 0 Å². The third-order valence-electron chi connectivity index (χ3n) is 6.31. The maximum absolute atomic E-state index is 13.4. The average Bonchev–Trinajstić information content (AvgIpc) is 3.35. The molecule has 1 aliphatic rings. The van der Waals surface area contributed by atoms with Gasteiger partial charge in [-0.2, -0.15) is 0 Å². The van der Waals surface area contributed by atoms with E-state index >= 15 is 0 Å². The van der Waals surface area contributed by atoms with Crippen LogP contribution >= 0.6 is 11.3 Å². The highest BCUT2D eigenvalue weighted by atomic mass is 32.1. The summed E-state index contributed by atoms with van der Waals surface area (Å²) in [7, 11) is 0. The molecule has 3 aromatic rings. The van der Waals surface area contributed by atoms with E-state index in [4.69, 9.17) is 4.74 Å². The number of hydrogen-bond acceptors (Lipinski definition) is 7. The summed E-state index contributed by atoms with van der Waals surface area (Å²) in [5.74, 6) is -2.42. The standard InChI is InChI=1S/C29H30N2O5S/c1-7-36-27(35)25-17(3)30-28(37-25)31-22(18-12-14-20(15-13-18)29(4,5)6)21(24(33)26(31)34)23(32)19-10-8-16(2)9-11-19/h8-15,22,32H,7H2,1-6H3/t22-/m0/s1. The molecule has 7 nitrogen and oxygen atoms in total. The topological polar surface area (TPSA) is 96.8 Å². The number of rotatable bonds is 5. The van der Waals surface area contributed by atoms with Gasteiger partial charge < -0.3 is 9.84 Å². The Labute approximate surface area is 220 Å². The lowest BCUT2D eigenvalue weighted by molar-refractivity contribution is -0.132. The number of aliphatic hydroxyl groups is 1. The van der Waals surface area contributed by atoms with Crippen LogP contribution in [0.15, 0.2) is 54.1 Å². The van der Waals surface area contributed by atoms with Gasteiger partial charge in [0.1, 0.15) is 10.6 Å². The molecule has 1 aromatic heterocycles. The van der Waals surface area contributed by atoms with Crippen molar-refractivity contribution >= 4 is 39.9 Å². The minimum Gasteiger partial charge on any atom is -0.507 e.